The van der Waals surface area contributed by atoms with Crippen LogP contribution in [0, 0.1) is 0 Å². The minimum Gasteiger partial charge on any atom is -0.309 e. The Hall–Kier alpha value is -6.84. The van der Waals surface area contributed by atoms with Crippen LogP contribution in [0.3, 0.4) is 0 Å². The minimum absolute atomic E-state index is 0.702. The summed E-state index contributed by atoms with van der Waals surface area (Å²) in [7, 11) is 0. The molecule has 0 aliphatic heterocycles. The number of para-hydroxylation sites is 1. The molecule has 0 atom stereocenters. The molecule has 0 aliphatic rings. The molecule has 0 N–H and O–H groups in total. The molecule has 0 bridgehead atoms. The van der Waals surface area contributed by atoms with Crippen molar-refractivity contribution in [2.45, 2.75) is 0 Å². The maximum absolute atomic E-state index is 5.26. The molecule has 2 aromatic heterocycles. The molecule has 0 aliphatic carbocycles. The monoisotopic (exact) mass is 649 g/mol. The smallest absolute Gasteiger partial charge is 0.160 e. The highest BCUT2D eigenvalue weighted by Gasteiger charge is 2.18. The van der Waals surface area contributed by atoms with Crippen molar-refractivity contribution in [1.82, 2.24) is 14.5 Å². The fourth-order valence-corrected chi connectivity index (χ4v) is 7.53. The highest BCUT2D eigenvalue weighted by Crippen LogP contribution is 2.40. The van der Waals surface area contributed by atoms with E-state index in [1.807, 2.05) is 12.1 Å². The van der Waals surface area contributed by atoms with E-state index in [1.165, 1.54) is 49.1 Å². The van der Waals surface area contributed by atoms with Crippen LogP contribution in [-0.4, -0.2) is 14.5 Å². The Kier molecular flexibility index (Phi) is 6.81. The van der Waals surface area contributed by atoms with Gasteiger partial charge in [-0.1, -0.05) is 158 Å². The highest BCUT2D eigenvalue weighted by molar-refractivity contribution is 6.15. The second-order valence-corrected chi connectivity index (χ2v) is 13.0. The maximum Gasteiger partial charge on any atom is 0.160 e. The third-order valence-electron chi connectivity index (χ3n) is 10.0. The summed E-state index contributed by atoms with van der Waals surface area (Å²) in [6, 6.07) is 66.8. The number of aromatic nitrogens is 3. The van der Waals surface area contributed by atoms with E-state index < -0.39 is 0 Å². The first-order valence-electron chi connectivity index (χ1n) is 17.3. The van der Waals surface area contributed by atoms with Gasteiger partial charge in [-0.15, -0.1) is 0 Å². The number of nitrogens with zero attached hydrogens (tertiary/aromatic N) is 3. The van der Waals surface area contributed by atoms with Crippen molar-refractivity contribution in [2.24, 2.45) is 0 Å². The van der Waals surface area contributed by atoms with Gasteiger partial charge in [-0.2, -0.15) is 0 Å². The van der Waals surface area contributed by atoms with Gasteiger partial charge in [0.05, 0.1) is 28.1 Å². The van der Waals surface area contributed by atoms with Crippen LogP contribution in [0.1, 0.15) is 0 Å². The Morgan fingerprint density at radius 2 is 0.902 bits per heavy atom. The second kappa shape index (κ2) is 11.9. The molecule has 0 saturated carbocycles. The molecular formula is C48H31N3. The van der Waals surface area contributed by atoms with Gasteiger partial charge in [0.15, 0.2) is 5.82 Å². The first kappa shape index (κ1) is 29.1. The fraction of sp³-hybridized carbons (Fsp3) is 0. The van der Waals surface area contributed by atoms with Crippen LogP contribution in [-0.2, 0) is 0 Å². The molecule has 0 spiro atoms. The third-order valence-corrected chi connectivity index (χ3v) is 10.0. The molecule has 0 radical (unpaired) electrons. The Bertz CT molecular complexity index is 2890. The predicted octanol–water partition coefficient (Wildman–Crippen LogP) is 12.5. The number of benzene rings is 8. The summed E-state index contributed by atoms with van der Waals surface area (Å²) in [5.41, 5.74) is 10.8. The van der Waals surface area contributed by atoms with Crippen molar-refractivity contribution in [2.75, 3.05) is 0 Å². The average molecular weight is 650 g/mol. The normalized spacial score (nSPS) is 11.5. The van der Waals surface area contributed by atoms with Crippen LogP contribution in [0.4, 0.5) is 0 Å². The van der Waals surface area contributed by atoms with Crippen LogP contribution >= 0.6 is 0 Å². The van der Waals surface area contributed by atoms with Gasteiger partial charge in [0.25, 0.3) is 0 Å². The van der Waals surface area contributed by atoms with E-state index in [0.717, 1.165) is 39.2 Å². The van der Waals surface area contributed by atoms with Crippen molar-refractivity contribution in [3.05, 3.63) is 188 Å². The second-order valence-electron chi connectivity index (χ2n) is 13.0. The summed E-state index contributed by atoms with van der Waals surface area (Å²) in [5, 5.41) is 7.29. The lowest BCUT2D eigenvalue weighted by Crippen LogP contribution is -1.99. The molecule has 0 amide bonds. The zero-order valence-corrected chi connectivity index (χ0v) is 27.7. The van der Waals surface area contributed by atoms with Gasteiger partial charge in [0.2, 0.25) is 0 Å². The fourth-order valence-electron chi connectivity index (χ4n) is 7.53. The zero-order valence-electron chi connectivity index (χ0n) is 27.7. The van der Waals surface area contributed by atoms with Crippen molar-refractivity contribution in [1.29, 1.82) is 0 Å². The van der Waals surface area contributed by atoms with Crippen LogP contribution in [0.15, 0.2) is 188 Å². The number of hydrogen-bond donors (Lipinski definition) is 0. The van der Waals surface area contributed by atoms with E-state index in [1.54, 1.807) is 0 Å². The molecule has 0 saturated heterocycles. The van der Waals surface area contributed by atoms with Gasteiger partial charge < -0.3 is 4.57 Å². The van der Waals surface area contributed by atoms with Crippen LogP contribution in [0.2, 0.25) is 0 Å². The first-order chi connectivity index (χ1) is 25.3. The summed E-state index contributed by atoms with van der Waals surface area (Å²) in [6.45, 7) is 0. The SMILES string of the molecule is c1ccc(-c2ccc(-c3nc(-c4ccccc4)cc(-c4ccc(-n5c6ccccc6c6cc7ccccc7cc65)c5ccccc45)n3)cc2)cc1. The molecule has 0 unspecified atom stereocenters. The summed E-state index contributed by atoms with van der Waals surface area (Å²) < 4.78 is 2.43. The van der Waals surface area contributed by atoms with E-state index in [4.69, 9.17) is 9.97 Å². The van der Waals surface area contributed by atoms with E-state index in [-0.39, 0.29) is 0 Å². The minimum atomic E-state index is 0.702. The first-order valence-corrected chi connectivity index (χ1v) is 17.3. The van der Waals surface area contributed by atoms with E-state index in [0.29, 0.717) is 5.82 Å². The van der Waals surface area contributed by atoms with Crippen LogP contribution < -0.4 is 0 Å². The summed E-state index contributed by atoms with van der Waals surface area (Å²) >= 11 is 0. The lowest BCUT2D eigenvalue weighted by atomic mass is 9.98. The predicted molar refractivity (Wildman–Crippen MR) is 213 cm³/mol. The van der Waals surface area contributed by atoms with Crippen LogP contribution in [0.25, 0.3) is 94.1 Å². The van der Waals surface area contributed by atoms with Gasteiger partial charge in [-0.05, 0) is 57.6 Å². The number of fused-ring (bicyclic) bond motifs is 5. The van der Waals surface area contributed by atoms with Crippen LogP contribution in [0.5, 0.6) is 0 Å². The zero-order chi connectivity index (χ0) is 33.7. The summed E-state index contributed by atoms with van der Waals surface area (Å²) in [6.07, 6.45) is 0. The van der Waals surface area contributed by atoms with Crippen molar-refractivity contribution in [3.8, 4) is 50.7 Å². The van der Waals surface area contributed by atoms with E-state index in [9.17, 15) is 0 Å². The molecule has 10 rings (SSSR count). The lowest BCUT2D eigenvalue weighted by Gasteiger charge is -2.16. The highest BCUT2D eigenvalue weighted by atomic mass is 15.0. The molecule has 238 valence electrons. The van der Waals surface area contributed by atoms with Gasteiger partial charge in [-0.25, -0.2) is 9.97 Å². The Labute approximate surface area is 295 Å². The largest absolute Gasteiger partial charge is 0.309 e. The molecule has 8 aromatic carbocycles. The molecule has 3 heteroatoms. The summed E-state index contributed by atoms with van der Waals surface area (Å²) in [4.78, 5) is 10.4. The third kappa shape index (κ3) is 4.98. The van der Waals surface area contributed by atoms with E-state index >= 15 is 0 Å². The Morgan fingerprint density at radius 3 is 1.67 bits per heavy atom. The van der Waals surface area contributed by atoms with E-state index in [2.05, 4.69) is 180 Å². The molecule has 51 heavy (non-hydrogen) atoms. The topological polar surface area (TPSA) is 30.7 Å². The quantitative estimate of drug-likeness (QED) is 0.186. The van der Waals surface area contributed by atoms with Crippen molar-refractivity contribution in [3.63, 3.8) is 0 Å². The van der Waals surface area contributed by atoms with Gasteiger partial charge in [0.1, 0.15) is 0 Å². The molecule has 2 heterocycles. The summed E-state index contributed by atoms with van der Waals surface area (Å²) in [5.74, 6) is 0.702. The van der Waals surface area contributed by atoms with Gasteiger partial charge in [0, 0.05) is 32.8 Å². The molecular weight excluding hydrogens is 619 g/mol. The average Bonchev–Trinajstić information content (AvgIpc) is 3.53. The van der Waals surface area contributed by atoms with Crippen molar-refractivity contribution >= 4 is 43.4 Å². The molecule has 0 fully saturated rings. The van der Waals surface area contributed by atoms with Gasteiger partial charge in [-0.3, -0.25) is 0 Å². The lowest BCUT2D eigenvalue weighted by molar-refractivity contribution is 1.18. The number of hydrogen-bond acceptors (Lipinski definition) is 2. The Balaban J connectivity index is 1.18. The van der Waals surface area contributed by atoms with Crippen molar-refractivity contribution < 1.29 is 0 Å². The standard InChI is InChI=1S/C48H31N3/c1-3-13-32(14-4-1)33-23-25-35(26-24-33)48-49-43(34-15-5-2-6-16-34)31-44(50-48)39-27-28-46(40-20-10-9-19-38(39)40)51-45-22-12-11-21-41(45)42-29-36-17-7-8-18-37(36)30-47(42)51/h1-31H. The maximum atomic E-state index is 5.26. The van der Waals surface area contributed by atoms with Gasteiger partial charge >= 0.3 is 0 Å². The molecule has 3 nitrogen and oxygen atoms in total. The Morgan fingerprint density at radius 1 is 0.333 bits per heavy atom. The number of rotatable bonds is 5. The molecule has 10 aromatic rings.